The van der Waals surface area contributed by atoms with Crippen LogP contribution in [-0.2, 0) is 0 Å². The van der Waals surface area contributed by atoms with E-state index in [9.17, 15) is 13.6 Å². The van der Waals surface area contributed by atoms with Gasteiger partial charge in [0.15, 0.2) is 0 Å². The largest absolute Gasteiger partial charge is 0.331 e. The molecule has 1 unspecified atom stereocenters. The molecule has 0 aliphatic rings. The van der Waals surface area contributed by atoms with Gasteiger partial charge >= 0.3 is 6.03 Å². The molecular weight excluding hydrogens is 264 g/mol. The molecule has 0 saturated carbocycles. The number of nitrogens with one attached hydrogen (secondary N) is 2. The first-order valence-corrected chi connectivity index (χ1v) is 6.50. The molecule has 0 bridgehead atoms. The predicted octanol–water partition coefficient (Wildman–Crippen LogP) is 2.85. The Bertz CT molecular complexity index is 479. The summed E-state index contributed by atoms with van der Waals surface area (Å²) >= 11 is 0. The van der Waals surface area contributed by atoms with Gasteiger partial charge in [-0.05, 0) is 31.4 Å². The molecular formula is C14H21F2N3O. The van der Waals surface area contributed by atoms with Crippen molar-refractivity contribution in [2.45, 2.75) is 32.7 Å². The number of urea groups is 1. The lowest BCUT2D eigenvalue weighted by Gasteiger charge is -2.31. The summed E-state index contributed by atoms with van der Waals surface area (Å²) in [5.41, 5.74) is 5.03. The minimum Gasteiger partial charge on any atom is -0.331 e. The summed E-state index contributed by atoms with van der Waals surface area (Å²) in [7, 11) is 0. The van der Waals surface area contributed by atoms with Crippen LogP contribution < -0.4 is 16.4 Å². The van der Waals surface area contributed by atoms with Crippen molar-refractivity contribution < 1.29 is 13.6 Å². The van der Waals surface area contributed by atoms with E-state index >= 15 is 0 Å². The van der Waals surface area contributed by atoms with Gasteiger partial charge in [-0.25, -0.2) is 13.6 Å². The van der Waals surface area contributed by atoms with E-state index in [0.717, 1.165) is 6.07 Å². The Morgan fingerprint density at radius 1 is 1.40 bits per heavy atom. The predicted molar refractivity (Wildman–Crippen MR) is 75.4 cm³/mol. The zero-order valence-corrected chi connectivity index (χ0v) is 12.0. The maximum atomic E-state index is 13.4. The van der Waals surface area contributed by atoms with E-state index in [1.54, 1.807) is 0 Å². The van der Waals surface area contributed by atoms with Crippen molar-refractivity contribution in [2.24, 2.45) is 11.7 Å². The molecule has 1 aromatic rings. The minimum absolute atomic E-state index is 0.0761. The average Bonchev–Trinajstić information content (AvgIpc) is 2.31. The van der Waals surface area contributed by atoms with Gasteiger partial charge in [0.2, 0.25) is 0 Å². The zero-order valence-electron chi connectivity index (χ0n) is 12.0. The van der Waals surface area contributed by atoms with E-state index in [-0.39, 0.29) is 12.2 Å². The number of benzene rings is 1. The molecule has 4 N–H and O–H groups in total. The number of anilines is 1. The number of nitrogens with two attached hydrogens (primary N) is 1. The van der Waals surface area contributed by atoms with Crippen molar-refractivity contribution in [3.05, 3.63) is 29.8 Å². The first kappa shape index (κ1) is 16.4. The van der Waals surface area contributed by atoms with Crippen molar-refractivity contribution >= 4 is 11.7 Å². The molecule has 0 spiro atoms. The monoisotopic (exact) mass is 285 g/mol. The fraction of sp³-hybridized carbons (Fsp3) is 0.500. The summed E-state index contributed by atoms with van der Waals surface area (Å²) in [5.74, 6) is -1.16. The van der Waals surface area contributed by atoms with Crippen molar-refractivity contribution in [1.82, 2.24) is 5.32 Å². The Morgan fingerprint density at radius 2 is 2.05 bits per heavy atom. The molecule has 2 amide bonds. The molecule has 0 aromatic heterocycles. The zero-order chi connectivity index (χ0) is 15.3. The molecule has 0 aliphatic carbocycles. The van der Waals surface area contributed by atoms with Gasteiger partial charge in [-0.3, -0.25) is 0 Å². The van der Waals surface area contributed by atoms with Crippen molar-refractivity contribution in [2.75, 3.05) is 11.9 Å². The maximum Gasteiger partial charge on any atom is 0.319 e. The van der Waals surface area contributed by atoms with Gasteiger partial charge in [-0.15, -0.1) is 0 Å². The summed E-state index contributed by atoms with van der Waals surface area (Å²) in [6.45, 7) is 6.14. The molecule has 1 rings (SSSR count). The quantitative estimate of drug-likeness (QED) is 0.778. The van der Waals surface area contributed by atoms with Crippen LogP contribution in [0.15, 0.2) is 18.2 Å². The Labute approximate surface area is 117 Å². The molecule has 20 heavy (non-hydrogen) atoms. The number of hydrogen-bond donors (Lipinski definition) is 3. The summed E-state index contributed by atoms with van der Waals surface area (Å²) in [6.07, 6.45) is 0.697. The van der Waals surface area contributed by atoms with Crippen molar-refractivity contribution in [3.8, 4) is 0 Å². The number of halogens is 2. The highest BCUT2D eigenvalue weighted by Crippen LogP contribution is 2.17. The Morgan fingerprint density at radius 3 is 2.55 bits per heavy atom. The van der Waals surface area contributed by atoms with E-state index in [1.165, 1.54) is 6.07 Å². The van der Waals surface area contributed by atoms with Crippen LogP contribution in [0.4, 0.5) is 19.3 Å². The number of carbonyl (C=O) groups is 1. The molecule has 0 radical (unpaired) electrons. The molecule has 6 heteroatoms. The van der Waals surface area contributed by atoms with E-state index in [1.807, 2.05) is 20.8 Å². The molecule has 0 aliphatic heterocycles. The second-order valence-electron chi connectivity index (χ2n) is 5.57. The molecule has 0 heterocycles. The van der Waals surface area contributed by atoms with Gasteiger partial charge in [0.1, 0.15) is 11.6 Å². The number of amides is 2. The van der Waals surface area contributed by atoms with Crippen molar-refractivity contribution in [3.63, 3.8) is 0 Å². The van der Waals surface area contributed by atoms with E-state index in [2.05, 4.69) is 10.6 Å². The van der Waals surface area contributed by atoms with Crippen LogP contribution in [0.5, 0.6) is 0 Å². The third-order valence-electron chi connectivity index (χ3n) is 2.90. The number of carbonyl (C=O) groups excluding carboxylic acids is 1. The lowest BCUT2D eigenvalue weighted by Crippen LogP contribution is -2.53. The highest BCUT2D eigenvalue weighted by atomic mass is 19.1. The average molecular weight is 285 g/mol. The molecule has 4 nitrogen and oxygen atoms in total. The topological polar surface area (TPSA) is 67.1 Å². The summed E-state index contributed by atoms with van der Waals surface area (Å²) in [4.78, 5) is 11.9. The maximum absolute atomic E-state index is 13.4. The van der Waals surface area contributed by atoms with Gasteiger partial charge in [-0.2, -0.15) is 0 Å². The molecule has 1 aromatic carbocycles. The van der Waals surface area contributed by atoms with Crippen LogP contribution in [0.2, 0.25) is 0 Å². The van der Waals surface area contributed by atoms with Gasteiger partial charge in [0, 0.05) is 12.6 Å². The highest BCUT2D eigenvalue weighted by molar-refractivity contribution is 5.89. The third kappa shape index (κ3) is 4.77. The summed E-state index contributed by atoms with van der Waals surface area (Å²) in [5, 5.41) is 5.08. The van der Waals surface area contributed by atoms with Crippen molar-refractivity contribution in [1.29, 1.82) is 0 Å². The fourth-order valence-corrected chi connectivity index (χ4v) is 2.10. The normalized spacial score (nSPS) is 13.9. The van der Waals surface area contributed by atoms with Gasteiger partial charge < -0.3 is 16.4 Å². The first-order valence-electron chi connectivity index (χ1n) is 6.50. The molecule has 0 fully saturated rings. The lowest BCUT2D eigenvalue weighted by molar-refractivity contribution is 0.232. The second kappa shape index (κ2) is 6.65. The first-order chi connectivity index (χ1) is 9.25. The van der Waals surface area contributed by atoms with Gasteiger partial charge in [0.05, 0.1) is 11.2 Å². The van der Waals surface area contributed by atoms with Crippen LogP contribution in [0.3, 0.4) is 0 Å². The fourth-order valence-electron chi connectivity index (χ4n) is 2.10. The van der Waals surface area contributed by atoms with Gasteiger partial charge in [0.25, 0.3) is 0 Å². The molecule has 112 valence electrons. The van der Waals surface area contributed by atoms with Gasteiger partial charge in [-0.1, -0.05) is 13.8 Å². The number of hydrogen-bond acceptors (Lipinski definition) is 2. The molecule has 0 saturated heterocycles. The molecule has 1 atom stereocenters. The summed E-state index contributed by atoms with van der Waals surface area (Å²) in [6, 6.07) is 2.40. The number of rotatable bonds is 5. The van der Waals surface area contributed by atoms with Crippen LogP contribution in [0.25, 0.3) is 0 Å². The summed E-state index contributed by atoms with van der Waals surface area (Å²) < 4.78 is 26.2. The van der Waals surface area contributed by atoms with Crippen LogP contribution in [-0.4, -0.2) is 18.1 Å². The van der Waals surface area contributed by atoms with E-state index < -0.39 is 23.2 Å². The Kier molecular flexibility index (Phi) is 5.44. The second-order valence-corrected chi connectivity index (χ2v) is 5.57. The van der Waals surface area contributed by atoms with E-state index in [4.69, 9.17) is 5.73 Å². The van der Waals surface area contributed by atoms with Crippen LogP contribution in [0.1, 0.15) is 27.2 Å². The highest BCUT2D eigenvalue weighted by Gasteiger charge is 2.26. The van der Waals surface area contributed by atoms with E-state index in [0.29, 0.717) is 18.4 Å². The Hall–Kier alpha value is -1.69. The Balaban J connectivity index is 2.71. The lowest BCUT2D eigenvalue weighted by atomic mass is 9.91. The standard InChI is InChI=1S/C14H21F2N3O/c1-9(2)7-14(3,8-17)19-13(20)18-12-5-4-10(15)6-11(12)16/h4-6,9H,7-8,17H2,1-3H3,(H2,18,19,20). The van der Waals surface area contributed by atoms with Crippen LogP contribution in [0, 0.1) is 17.6 Å². The smallest absolute Gasteiger partial charge is 0.319 e. The SMILES string of the molecule is CC(C)CC(C)(CN)NC(=O)Nc1ccc(F)cc1F. The van der Waals surface area contributed by atoms with Crippen LogP contribution >= 0.6 is 0 Å². The third-order valence-corrected chi connectivity index (χ3v) is 2.90. The minimum atomic E-state index is -0.821.